The van der Waals surface area contributed by atoms with Crippen molar-refractivity contribution < 1.29 is 19.4 Å². The fourth-order valence-electron chi connectivity index (χ4n) is 3.49. The van der Waals surface area contributed by atoms with Crippen LogP contribution in [0.5, 0.6) is 0 Å². The van der Waals surface area contributed by atoms with Crippen molar-refractivity contribution in [3.05, 3.63) is 0 Å². The lowest BCUT2D eigenvalue weighted by Gasteiger charge is -2.44. The molecule has 6 nitrogen and oxygen atoms in total. The maximum atomic E-state index is 11.8. The number of piperidine rings is 1. The quantitative estimate of drug-likeness (QED) is 0.796. The van der Waals surface area contributed by atoms with Crippen molar-refractivity contribution in [3.8, 4) is 0 Å². The van der Waals surface area contributed by atoms with Gasteiger partial charge in [0.25, 0.3) is 0 Å². The Morgan fingerprint density at radius 1 is 1.16 bits per heavy atom. The predicted octanol–water partition coefficient (Wildman–Crippen LogP) is 3.11. The van der Waals surface area contributed by atoms with Gasteiger partial charge in [-0.3, -0.25) is 4.79 Å². The highest BCUT2D eigenvalue weighted by molar-refractivity contribution is 5.75. The number of amides is 1. The Hall–Kier alpha value is -1.30. The van der Waals surface area contributed by atoms with Crippen LogP contribution in [0.25, 0.3) is 0 Å². The Balaban J connectivity index is 0.000000236. The molecule has 0 aromatic carbocycles. The van der Waals surface area contributed by atoms with E-state index in [9.17, 15) is 9.59 Å². The number of aliphatic carboxylic acids is 1. The average molecular weight is 354 g/mol. The van der Waals surface area contributed by atoms with Gasteiger partial charge in [0.2, 0.25) is 0 Å². The number of ether oxygens (including phenoxy) is 1. The van der Waals surface area contributed by atoms with E-state index < -0.39 is 5.97 Å². The van der Waals surface area contributed by atoms with Crippen LogP contribution < -0.4 is 5.32 Å². The smallest absolute Gasteiger partial charge is 0.410 e. The molecule has 1 aliphatic carbocycles. The van der Waals surface area contributed by atoms with E-state index in [2.05, 4.69) is 5.32 Å². The molecule has 0 aromatic rings. The molecule has 1 saturated carbocycles. The molecule has 0 aromatic heterocycles. The summed E-state index contributed by atoms with van der Waals surface area (Å²) >= 11 is 0. The minimum absolute atomic E-state index is 0.155. The molecule has 2 saturated heterocycles. The number of carboxylic acids is 1. The Bertz CT molecular complexity index is 470. The molecule has 3 rings (SSSR count). The molecule has 0 bridgehead atoms. The molecule has 3 fully saturated rings. The normalized spacial score (nSPS) is 25.8. The number of carbonyl (C=O) groups excluding carboxylic acids is 1. The van der Waals surface area contributed by atoms with Crippen LogP contribution in [0.15, 0.2) is 0 Å². The first-order chi connectivity index (χ1) is 11.6. The van der Waals surface area contributed by atoms with Gasteiger partial charge >= 0.3 is 12.1 Å². The van der Waals surface area contributed by atoms with E-state index in [-0.39, 0.29) is 17.1 Å². The number of carboxylic acid groups (broad SMARTS) is 1. The van der Waals surface area contributed by atoms with Gasteiger partial charge in [0, 0.05) is 13.1 Å². The van der Waals surface area contributed by atoms with E-state index in [1.165, 1.54) is 12.8 Å². The highest BCUT2D eigenvalue weighted by Crippen LogP contribution is 2.40. The van der Waals surface area contributed by atoms with Gasteiger partial charge in [0.1, 0.15) is 5.60 Å². The van der Waals surface area contributed by atoms with Crippen molar-refractivity contribution in [2.75, 3.05) is 26.2 Å². The molecule has 6 heteroatoms. The summed E-state index contributed by atoms with van der Waals surface area (Å²) in [5.74, 6) is 0.793. The van der Waals surface area contributed by atoms with E-state index in [1.54, 1.807) is 6.92 Å². The fourth-order valence-corrected chi connectivity index (χ4v) is 3.49. The highest BCUT2D eigenvalue weighted by atomic mass is 16.6. The monoisotopic (exact) mass is 354 g/mol. The summed E-state index contributed by atoms with van der Waals surface area (Å²) in [6.07, 6.45) is 5.23. The van der Waals surface area contributed by atoms with Crippen LogP contribution >= 0.6 is 0 Å². The number of nitrogens with zero attached hydrogens (tertiary/aromatic N) is 1. The van der Waals surface area contributed by atoms with E-state index in [4.69, 9.17) is 9.84 Å². The molecule has 25 heavy (non-hydrogen) atoms. The molecule has 2 aliphatic heterocycles. The number of nitrogens with one attached hydrogen (secondary N) is 1. The van der Waals surface area contributed by atoms with Crippen molar-refractivity contribution in [1.82, 2.24) is 10.2 Å². The number of hydrogen-bond donors (Lipinski definition) is 2. The first kappa shape index (κ1) is 20.0. The second kappa shape index (κ2) is 7.94. The van der Waals surface area contributed by atoms with Crippen LogP contribution in [0.1, 0.15) is 59.8 Å². The van der Waals surface area contributed by atoms with Crippen molar-refractivity contribution in [1.29, 1.82) is 0 Å². The average Bonchev–Trinajstić information content (AvgIpc) is 2.43. The topological polar surface area (TPSA) is 78.9 Å². The molecular formula is C19H34N2O4. The third kappa shape index (κ3) is 5.59. The zero-order valence-electron chi connectivity index (χ0n) is 16.1. The summed E-state index contributed by atoms with van der Waals surface area (Å²) in [6, 6.07) is 0. The highest BCUT2D eigenvalue weighted by Gasteiger charge is 2.39. The largest absolute Gasteiger partial charge is 0.481 e. The molecular weight excluding hydrogens is 320 g/mol. The Kier molecular flexibility index (Phi) is 6.35. The van der Waals surface area contributed by atoms with Gasteiger partial charge in [0.05, 0.1) is 5.41 Å². The van der Waals surface area contributed by atoms with E-state index in [1.807, 2.05) is 25.7 Å². The van der Waals surface area contributed by atoms with E-state index in [0.717, 1.165) is 51.4 Å². The number of rotatable bonds is 2. The second-order valence-electron chi connectivity index (χ2n) is 8.97. The molecule has 0 spiro atoms. The summed E-state index contributed by atoms with van der Waals surface area (Å²) in [5.41, 5.74) is -0.742. The summed E-state index contributed by atoms with van der Waals surface area (Å²) in [7, 11) is 0. The summed E-state index contributed by atoms with van der Waals surface area (Å²) < 4.78 is 5.35. The maximum Gasteiger partial charge on any atom is 0.410 e. The number of likely N-dealkylation sites (tertiary alicyclic amines) is 1. The lowest BCUT2D eigenvalue weighted by molar-refractivity contribution is -0.152. The zero-order chi connectivity index (χ0) is 18.7. The second-order valence-corrected chi connectivity index (χ2v) is 8.97. The first-order valence-corrected chi connectivity index (χ1v) is 9.53. The molecule has 2 heterocycles. The third-order valence-corrected chi connectivity index (χ3v) is 5.54. The summed E-state index contributed by atoms with van der Waals surface area (Å²) in [5, 5.41) is 11.9. The molecule has 1 atom stereocenters. The Morgan fingerprint density at radius 2 is 1.80 bits per heavy atom. The molecule has 3 aliphatic rings. The van der Waals surface area contributed by atoms with Crippen LogP contribution in [0.4, 0.5) is 4.79 Å². The van der Waals surface area contributed by atoms with Crippen LogP contribution in [0.2, 0.25) is 0 Å². The number of carbonyl (C=O) groups is 2. The first-order valence-electron chi connectivity index (χ1n) is 9.53. The molecule has 144 valence electrons. The van der Waals surface area contributed by atoms with Crippen LogP contribution in [0.3, 0.4) is 0 Å². The maximum absolute atomic E-state index is 11.8. The summed E-state index contributed by atoms with van der Waals surface area (Å²) in [4.78, 5) is 23.9. The van der Waals surface area contributed by atoms with Gasteiger partial charge in [-0.15, -0.1) is 0 Å². The van der Waals surface area contributed by atoms with Gasteiger partial charge in [-0.25, -0.2) is 4.79 Å². The minimum atomic E-state index is -0.635. The number of hydrogen-bond acceptors (Lipinski definition) is 4. The zero-order valence-corrected chi connectivity index (χ0v) is 16.1. The van der Waals surface area contributed by atoms with Crippen molar-refractivity contribution >= 4 is 12.1 Å². The lowest BCUT2D eigenvalue weighted by atomic mass is 9.71. The van der Waals surface area contributed by atoms with Crippen LogP contribution in [-0.2, 0) is 9.53 Å². The van der Waals surface area contributed by atoms with Crippen molar-refractivity contribution in [3.63, 3.8) is 0 Å². The lowest BCUT2D eigenvalue weighted by Crippen LogP contribution is -2.55. The fraction of sp³-hybridized carbons (Fsp3) is 0.895. The standard InChI is InChI=1S/C13H24N2O2.C6H10O2/c1-13(2,3)17-12(16)15-8-11(9-15)10-5-4-6-14-7-10;1-6(5(7)8)3-2-4-6/h10-11,14H,4-9H2,1-3H3;2-4H2,1H3,(H,7,8). The van der Waals surface area contributed by atoms with Gasteiger partial charge < -0.3 is 20.1 Å². The molecule has 1 unspecified atom stereocenters. The Labute approximate surface area is 151 Å². The van der Waals surface area contributed by atoms with E-state index >= 15 is 0 Å². The Morgan fingerprint density at radius 3 is 2.16 bits per heavy atom. The molecule has 1 amide bonds. The van der Waals surface area contributed by atoms with Crippen molar-refractivity contribution in [2.24, 2.45) is 17.3 Å². The molecule has 0 radical (unpaired) electrons. The minimum Gasteiger partial charge on any atom is -0.481 e. The van der Waals surface area contributed by atoms with Gasteiger partial charge in [0.15, 0.2) is 0 Å². The van der Waals surface area contributed by atoms with Crippen LogP contribution in [-0.4, -0.2) is 53.8 Å². The summed E-state index contributed by atoms with van der Waals surface area (Å²) in [6.45, 7) is 11.6. The van der Waals surface area contributed by atoms with Crippen molar-refractivity contribution in [2.45, 2.75) is 65.4 Å². The predicted molar refractivity (Wildman–Crippen MR) is 96.5 cm³/mol. The van der Waals surface area contributed by atoms with E-state index in [0.29, 0.717) is 5.92 Å². The van der Waals surface area contributed by atoms with Crippen LogP contribution in [0, 0.1) is 17.3 Å². The third-order valence-electron chi connectivity index (χ3n) is 5.54. The van der Waals surface area contributed by atoms with Gasteiger partial charge in [-0.2, -0.15) is 0 Å². The van der Waals surface area contributed by atoms with Gasteiger partial charge in [-0.1, -0.05) is 6.42 Å². The molecule has 2 N–H and O–H groups in total. The SMILES string of the molecule is CC(C)(C)OC(=O)N1CC(C2CCCNC2)C1.CC1(C(=O)O)CCC1. The van der Waals surface area contributed by atoms with Gasteiger partial charge in [-0.05, 0) is 78.3 Å².